The smallest absolute Gasteiger partial charge is 0.123 e. The Labute approximate surface area is 108 Å². The normalized spacial score (nSPS) is 10.8. The van der Waals surface area contributed by atoms with E-state index in [1.165, 1.54) is 11.6 Å². The summed E-state index contributed by atoms with van der Waals surface area (Å²) in [5, 5.41) is 3.29. The van der Waals surface area contributed by atoms with Crippen LogP contribution in [-0.4, -0.2) is 40.0 Å². The molecule has 3 nitrogen and oxygen atoms in total. The molecule has 102 valence electrons. The van der Waals surface area contributed by atoms with Gasteiger partial charge in [-0.1, -0.05) is 6.07 Å². The van der Waals surface area contributed by atoms with Crippen molar-refractivity contribution in [2.24, 2.45) is 0 Å². The van der Waals surface area contributed by atoms with Crippen LogP contribution in [0.2, 0.25) is 0 Å². The van der Waals surface area contributed by atoms with Gasteiger partial charge in [0.15, 0.2) is 0 Å². The summed E-state index contributed by atoms with van der Waals surface area (Å²) in [4.78, 5) is 0. The highest BCUT2D eigenvalue weighted by Crippen LogP contribution is 2.10. The molecule has 0 saturated carbocycles. The highest BCUT2D eigenvalue weighted by molar-refractivity contribution is 5.26. The zero-order valence-corrected chi connectivity index (χ0v) is 11.2. The van der Waals surface area contributed by atoms with Crippen LogP contribution in [0.25, 0.3) is 0 Å². The van der Waals surface area contributed by atoms with E-state index in [2.05, 4.69) is 5.32 Å². The van der Waals surface area contributed by atoms with Crippen LogP contribution in [0.3, 0.4) is 0 Å². The number of nitrogens with one attached hydrogen (secondary N) is 1. The average molecular weight is 255 g/mol. The summed E-state index contributed by atoms with van der Waals surface area (Å²) >= 11 is 0. The predicted molar refractivity (Wildman–Crippen MR) is 70.4 cm³/mol. The van der Waals surface area contributed by atoms with Crippen molar-refractivity contribution in [3.63, 3.8) is 0 Å². The van der Waals surface area contributed by atoms with Gasteiger partial charge in [-0.05, 0) is 43.1 Å². The van der Waals surface area contributed by atoms with E-state index in [-0.39, 0.29) is 5.82 Å². The lowest BCUT2D eigenvalue weighted by molar-refractivity contribution is 0.0721. The molecule has 0 bridgehead atoms. The number of benzene rings is 1. The highest BCUT2D eigenvalue weighted by atomic mass is 19.1. The van der Waals surface area contributed by atoms with Gasteiger partial charge in [-0.25, -0.2) is 4.39 Å². The van der Waals surface area contributed by atoms with E-state index in [1.807, 2.05) is 13.0 Å². The van der Waals surface area contributed by atoms with Crippen LogP contribution in [0.4, 0.5) is 4.39 Å². The summed E-state index contributed by atoms with van der Waals surface area (Å²) in [7, 11) is 1.66. The van der Waals surface area contributed by atoms with Crippen molar-refractivity contribution in [3.8, 4) is 0 Å². The quantitative estimate of drug-likeness (QED) is 0.684. The lowest BCUT2D eigenvalue weighted by Crippen LogP contribution is -2.23. The molecule has 0 radical (unpaired) electrons. The summed E-state index contributed by atoms with van der Waals surface area (Å²) in [5.41, 5.74) is 2.19. The largest absolute Gasteiger partial charge is 0.382 e. The first-order valence-corrected chi connectivity index (χ1v) is 6.26. The molecule has 0 atom stereocenters. The first-order chi connectivity index (χ1) is 8.74. The monoisotopic (exact) mass is 255 g/mol. The first-order valence-electron chi connectivity index (χ1n) is 6.26. The van der Waals surface area contributed by atoms with E-state index in [0.717, 1.165) is 25.1 Å². The zero-order valence-electron chi connectivity index (χ0n) is 11.2. The van der Waals surface area contributed by atoms with Gasteiger partial charge in [0.25, 0.3) is 0 Å². The Morgan fingerprint density at radius 3 is 2.72 bits per heavy atom. The summed E-state index contributed by atoms with van der Waals surface area (Å²) in [6.07, 6.45) is 0.907. The molecule has 1 aromatic carbocycles. The second-order valence-corrected chi connectivity index (χ2v) is 4.18. The SMILES string of the molecule is COCCOCCNCCc1ccc(F)cc1C. The van der Waals surface area contributed by atoms with Gasteiger partial charge in [-0.15, -0.1) is 0 Å². The van der Waals surface area contributed by atoms with Crippen molar-refractivity contribution in [3.05, 3.63) is 35.1 Å². The fourth-order valence-electron chi connectivity index (χ4n) is 1.68. The second kappa shape index (κ2) is 9.03. The lowest BCUT2D eigenvalue weighted by Gasteiger charge is -2.08. The minimum absolute atomic E-state index is 0.171. The molecule has 0 fully saturated rings. The molecular weight excluding hydrogens is 233 g/mol. The van der Waals surface area contributed by atoms with Crippen molar-refractivity contribution in [1.29, 1.82) is 0 Å². The van der Waals surface area contributed by atoms with Crippen LogP contribution in [0.5, 0.6) is 0 Å². The maximum Gasteiger partial charge on any atom is 0.123 e. The van der Waals surface area contributed by atoms with Crippen LogP contribution in [0, 0.1) is 12.7 Å². The Morgan fingerprint density at radius 1 is 1.17 bits per heavy atom. The van der Waals surface area contributed by atoms with Crippen molar-refractivity contribution in [2.45, 2.75) is 13.3 Å². The summed E-state index contributed by atoms with van der Waals surface area (Å²) in [6, 6.07) is 4.93. The standard InChI is InChI=1S/C14H22FNO2/c1-12-11-14(15)4-3-13(12)5-6-16-7-8-18-10-9-17-2/h3-4,11,16H,5-10H2,1-2H3. The molecule has 0 aliphatic heterocycles. The van der Waals surface area contributed by atoms with Crippen molar-refractivity contribution in [2.75, 3.05) is 40.0 Å². The molecule has 1 N–H and O–H groups in total. The van der Waals surface area contributed by atoms with E-state index in [1.54, 1.807) is 13.2 Å². The molecule has 0 saturated heterocycles. The van der Waals surface area contributed by atoms with Gasteiger partial charge in [-0.3, -0.25) is 0 Å². The molecular formula is C14H22FNO2. The van der Waals surface area contributed by atoms with Crippen molar-refractivity contribution in [1.82, 2.24) is 5.32 Å². The maximum absolute atomic E-state index is 12.9. The molecule has 0 aliphatic carbocycles. The Kier molecular flexibility index (Phi) is 7.57. The van der Waals surface area contributed by atoms with E-state index in [9.17, 15) is 4.39 Å². The molecule has 1 rings (SSSR count). The third kappa shape index (κ3) is 6.10. The maximum atomic E-state index is 12.9. The minimum Gasteiger partial charge on any atom is -0.382 e. The lowest BCUT2D eigenvalue weighted by atomic mass is 10.1. The fourth-order valence-corrected chi connectivity index (χ4v) is 1.68. The predicted octanol–water partition coefficient (Wildman–Crippen LogP) is 1.93. The number of aryl methyl sites for hydroxylation is 1. The third-order valence-electron chi connectivity index (χ3n) is 2.73. The molecule has 1 aromatic rings. The van der Waals surface area contributed by atoms with Gasteiger partial charge in [0.1, 0.15) is 5.82 Å². The van der Waals surface area contributed by atoms with Gasteiger partial charge in [-0.2, -0.15) is 0 Å². The first kappa shape index (κ1) is 15.1. The van der Waals surface area contributed by atoms with E-state index in [0.29, 0.717) is 19.8 Å². The molecule has 18 heavy (non-hydrogen) atoms. The third-order valence-corrected chi connectivity index (χ3v) is 2.73. The summed E-state index contributed by atoms with van der Waals surface area (Å²) in [6.45, 7) is 5.59. The van der Waals surface area contributed by atoms with Gasteiger partial charge in [0, 0.05) is 13.7 Å². The zero-order chi connectivity index (χ0) is 13.2. The Morgan fingerprint density at radius 2 is 2.00 bits per heavy atom. The van der Waals surface area contributed by atoms with Crippen LogP contribution < -0.4 is 5.32 Å². The van der Waals surface area contributed by atoms with Gasteiger partial charge >= 0.3 is 0 Å². The van der Waals surface area contributed by atoms with Crippen LogP contribution in [0.15, 0.2) is 18.2 Å². The fraction of sp³-hybridized carbons (Fsp3) is 0.571. The number of hydrogen-bond donors (Lipinski definition) is 1. The molecule has 0 spiro atoms. The van der Waals surface area contributed by atoms with Crippen LogP contribution in [0.1, 0.15) is 11.1 Å². The Bertz CT molecular complexity index is 345. The van der Waals surface area contributed by atoms with Crippen LogP contribution >= 0.6 is 0 Å². The van der Waals surface area contributed by atoms with E-state index >= 15 is 0 Å². The molecule has 0 amide bonds. The number of hydrogen-bond acceptors (Lipinski definition) is 3. The topological polar surface area (TPSA) is 30.5 Å². The van der Waals surface area contributed by atoms with E-state index in [4.69, 9.17) is 9.47 Å². The van der Waals surface area contributed by atoms with Crippen molar-refractivity contribution >= 4 is 0 Å². The number of methoxy groups -OCH3 is 1. The minimum atomic E-state index is -0.171. The summed E-state index contributed by atoms with van der Waals surface area (Å²) in [5.74, 6) is -0.171. The van der Waals surface area contributed by atoms with Gasteiger partial charge in [0.2, 0.25) is 0 Å². The Balaban J connectivity index is 2.07. The summed E-state index contributed by atoms with van der Waals surface area (Å²) < 4.78 is 23.1. The molecule has 0 unspecified atom stereocenters. The molecule has 0 aromatic heterocycles. The average Bonchev–Trinajstić information content (AvgIpc) is 2.35. The Hall–Kier alpha value is -0.970. The number of halogens is 1. The second-order valence-electron chi connectivity index (χ2n) is 4.18. The van der Waals surface area contributed by atoms with Gasteiger partial charge in [0.05, 0.1) is 19.8 Å². The molecule has 0 heterocycles. The van der Waals surface area contributed by atoms with Crippen molar-refractivity contribution < 1.29 is 13.9 Å². The van der Waals surface area contributed by atoms with Crippen LogP contribution in [-0.2, 0) is 15.9 Å². The highest BCUT2D eigenvalue weighted by Gasteiger charge is 1.99. The number of ether oxygens (including phenoxy) is 2. The van der Waals surface area contributed by atoms with E-state index < -0.39 is 0 Å². The number of rotatable bonds is 9. The molecule has 4 heteroatoms. The molecule has 0 aliphatic rings. The van der Waals surface area contributed by atoms with Gasteiger partial charge < -0.3 is 14.8 Å².